The van der Waals surface area contributed by atoms with Crippen LogP contribution in [0.25, 0.3) is 0 Å². The molecule has 2 nitrogen and oxygen atoms in total. The van der Waals surface area contributed by atoms with Crippen LogP contribution >= 0.6 is 11.3 Å². The van der Waals surface area contributed by atoms with Gasteiger partial charge in [-0.3, -0.25) is 0 Å². The predicted molar refractivity (Wildman–Crippen MR) is 54.7 cm³/mol. The lowest BCUT2D eigenvalue weighted by Gasteiger charge is -2.09. The highest BCUT2D eigenvalue weighted by molar-refractivity contribution is 7.08. The summed E-state index contributed by atoms with van der Waals surface area (Å²) in [7, 11) is 1.94. The summed E-state index contributed by atoms with van der Waals surface area (Å²) in [5.41, 5.74) is 2.39. The standard InChI is InChI=1S/C8H14N2S.H2/c1-6(2)10-8-5-11-4-7(8)9-3;/h4-6,9-10H,1-3H3;1H. The average molecular weight is 172 g/mol. The normalized spacial score (nSPS) is 10.2. The van der Waals surface area contributed by atoms with Crippen LogP contribution in [0.1, 0.15) is 15.3 Å². The molecule has 0 unspecified atom stereocenters. The van der Waals surface area contributed by atoms with Crippen LogP contribution in [-0.4, -0.2) is 13.1 Å². The number of thiophene rings is 1. The maximum absolute atomic E-state index is 3.35. The molecular formula is C8H16N2S. The molecule has 64 valence electrons. The lowest BCUT2D eigenvalue weighted by molar-refractivity contribution is 0.901. The Hall–Kier alpha value is -0.700. The molecule has 0 saturated carbocycles. The number of anilines is 2. The van der Waals surface area contributed by atoms with Gasteiger partial charge in [0.25, 0.3) is 0 Å². The molecular weight excluding hydrogens is 156 g/mol. The molecule has 0 atom stereocenters. The molecule has 2 N–H and O–H groups in total. The summed E-state index contributed by atoms with van der Waals surface area (Å²) >= 11 is 1.71. The van der Waals surface area contributed by atoms with Crippen molar-refractivity contribution in [3.8, 4) is 0 Å². The van der Waals surface area contributed by atoms with Crippen LogP contribution in [0.4, 0.5) is 11.4 Å². The van der Waals surface area contributed by atoms with Crippen LogP contribution in [-0.2, 0) is 0 Å². The van der Waals surface area contributed by atoms with Crippen molar-refractivity contribution in [3.63, 3.8) is 0 Å². The third kappa shape index (κ3) is 2.12. The second-order valence-corrected chi connectivity index (χ2v) is 3.49. The maximum atomic E-state index is 3.35. The van der Waals surface area contributed by atoms with E-state index in [1.165, 1.54) is 11.4 Å². The van der Waals surface area contributed by atoms with E-state index in [1.54, 1.807) is 11.3 Å². The summed E-state index contributed by atoms with van der Waals surface area (Å²) in [5, 5.41) is 10.7. The summed E-state index contributed by atoms with van der Waals surface area (Å²) in [6.07, 6.45) is 0. The summed E-state index contributed by atoms with van der Waals surface area (Å²) in [6.45, 7) is 4.27. The maximum Gasteiger partial charge on any atom is 0.0686 e. The second-order valence-electron chi connectivity index (χ2n) is 2.75. The van der Waals surface area contributed by atoms with Crippen LogP contribution in [0.2, 0.25) is 0 Å². The first-order chi connectivity index (χ1) is 5.24. The summed E-state index contributed by atoms with van der Waals surface area (Å²) in [6, 6.07) is 0.497. The van der Waals surface area contributed by atoms with Crippen LogP contribution in [0.3, 0.4) is 0 Å². The third-order valence-corrected chi connectivity index (χ3v) is 2.12. The van der Waals surface area contributed by atoms with Gasteiger partial charge in [0.05, 0.1) is 11.4 Å². The summed E-state index contributed by atoms with van der Waals surface area (Å²) in [5.74, 6) is 0. The molecule has 0 spiro atoms. The van der Waals surface area contributed by atoms with Crippen molar-refractivity contribution in [2.45, 2.75) is 19.9 Å². The van der Waals surface area contributed by atoms with Crippen molar-refractivity contribution in [1.82, 2.24) is 0 Å². The van der Waals surface area contributed by atoms with Gasteiger partial charge in [0.15, 0.2) is 0 Å². The average Bonchev–Trinajstić information content (AvgIpc) is 2.34. The van der Waals surface area contributed by atoms with Gasteiger partial charge in [0, 0.05) is 25.3 Å². The smallest absolute Gasteiger partial charge is 0.0686 e. The Labute approximate surface area is 73.1 Å². The molecule has 0 fully saturated rings. The number of rotatable bonds is 3. The minimum Gasteiger partial charge on any atom is -0.386 e. The lowest BCUT2D eigenvalue weighted by Crippen LogP contribution is -2.09. The van der Waals surface area contributed by atoms with E-state index in [4.69, 9.17) is 0 Å². The third-order valence-electron chi connectivity index (χ3n) is 1.38. The fourth-order valence-electron chi connectivity index (χ4n) is 0.913. The first-order valence-corrected chi connectivity index (χ1v) is 4.68. The van der Waals surface area contributed by atoms with E-state index in [0.717, 1.165) is 0 Å². The fourth-order valence-corrected chi connectivity index (χ4v) is 1.69. The van der Waals surface area contributed by atoms with E-state index in [2.05, 4.69) is 35.2 Å². The first kappa shape index (κ1) is 8.40. The largest absolute Gasteiger partial charge is 0.386 e. The van der Waals surface area contributed by atoms with E-state index in [1.807, 2.05) is 7.05 Å². The molecule has 0 aliphatic carbocycles. The van der Waals surface area contributed by atoms with E-state index in [9.17, 15) is 0 Å². The molecule has 1 aromatic rings. The number of hydrogen-bond donors (Lipinski definition) is 2. The molecule has 1 heterocycles. The Kier molecular flexibility index (Phi) is 2.76. The highest BCUT2D eigenvalue weighted by Crippen LogP contribution is 2.26. The van der Waals surface area contributed by atoms with Gasteiger partial charge in [0.1, 0.15) is 0 Å². The molecule has 11 heavy (non-hydrogen) atoms. The van der Waals surface area contributed by atoms with Crippen molar-refractivity contribution in [3.05, 3.63) is 10.8 Å². The highest BCUT2D eigenvalue weighted by Gasteiger charge is 2.01. The molecule has 0 bridgehead atoms. The minimum absolute atomic E-state index is 0. The molecule has 0 saturated heterocycles. The minimum atomic E-state index is 0. The van der Waals surface area contributed by atoms with Crippen LogP contribution in [0, 0.1) is 0 Å². The Morgan fingerprint density at radius 2 is 2.00 bits per heavy atom. The molecule has 1 rings (SSSR count). The molecule has 0 radical (unpaired) electrons. The van der Waals surface area contributed by atoms with Crippen LogP contribution < -0.4 is 10.6 Å². The zero-order chi connectivity index (χ0) is 8.27. The Bertz CT molecular complexity index is 223. The van der Waals surface area contributed by atoms with E-state index in [-0.39, 0.29) is 1.43 Å². The Morgan fingerprint density at radius 1 is 1.36 bits per heavy atom. The summed E-state index contributed by atoms with van der Waals surface area (Å²) in [4.78, 5) is 0. The van der Waals surface area contributed by atoms with Crippen molar-refractivity contribution in [2.24, 2.45) is 0 Å². The summed E-state index contributed by atoms with van der Waals surface area (Å²) < 4.78 is 0. The van der Waals surface area contributed by atoms with Gasteiger partial charge in [-0.25, -0.2) is 0 Å². The first-order valence-electron chi connectivity index (χ1n) is 3.74. The molecule has 0 aromatic carbocycles. The van der Waals surface area contributed by atoms with Crippen molar-refractivity contribution in [1.29, 1.82) is 0 Å². The fraction of sp³-hybridized carbons (Fsp3) is 0.500. The highest BCUT2D eigenvalue weighted by atomic mass is 32.1. The quantitative estimate of drug-likeness (QED) is 0.732. The monoisotopic (exact) mass is 172 g/mol. The molecule has 0 aliphatic heterocycles. The van der Waals surface area contributed by atoms with Gasteiger partial charge in [0.2, 0.25) is 0 Å². The van der Waals surface area contributed by atoms with Gasteiger partial charge in [-0.1, -0.05) is 0 Å². The molecule has 0 aliphatic rings. The van der Waals surface area contributed by atoms with Crippen LogP contribution in [0.15, 0.2) is 10.8 Å². The number of hydrogen-bond acceptors (Lipinski definition) is 3. The Balaban J connectivity index is 0.00000121. The molecule has 0 amide bonds. The van der Waals surface area contributed by atoms with Gasteiger partial charge < -0.3 is 10.6 Å². The zero-order valence-corrected chi connectivity index (χ0v) is 7.96. The van der Waals surface area contributed by atoms with Crippen LogP contribution in [0.5, 0.6) is 0 Å². The van der Waals surface area contributed by atoms with Crippen molar-refractivity contribution < 1.29 is 1.43 Å². The topological polar surface area (TPSA) is 24.1 Å². The number of nitrogens with one attached hydrogen (secondary N) is 2. The van der Waals surface area contributed by atoms with Crippen molar-refractivity contribution >= 4 is 22.7 Å². The van der Waals surface area contributed by atoms with Gasteiger partial charge in [-0.05, 0) is 13.8 Å². The van der Waals surface area contributed by atoms with Gasteiger partial charge in [-0.15, -0.1) is 11.3 Å². The second kappa shape index (κ2) is 3.62. The van der Waals surface area contributed by atoms with Gasteiger partial charge in [-0.2, -0.15) is 0 Å². The predicted octanol–water partition coefficient (Wildman–Crippen LogP) is 2.86. The lowest BCUT2D eigenvalue weighted by atomic mass is 10.3. The van der Waals surface area contributed by atoms with E-state index in [0.29, 0.717) is 6.04 Å². The SMILES string of the molecule is CNc1cscc1NC(C)C.[HH]. The zero-order valence-electron chi connectivity index (χ0n) is 7.14. The van der Waals surface area contributed by atoms with Gasteiger partial charge >= 0.3 is 0 Å². The Morgan fingerprint density at radius 3 is 2.55 bits per heavy atom. The molecule has 1 aromatic heterocycles. The van der Waals surface area contributed by atoms with Crippen molar-refractivity contribution in [2.75, 3.05) is 17.7 Å². The molecule has 3 heteroatoms. The van der Waals surface area contributed by atoms with E-state index >= 15 is 0 Å². The van der Waals surface area contributed by atoms with E-state index < -0.39 is 0 Å².